The van der Waals surface area contributed by atoms with Gasteiger partial charge in [0, 0.05) is 6.04 Å². The number of carbonyl (C=O) groups excluding carboxylic acids is 1. The number of carboxylic acids is 1. The molecule has 0 spiro atoms. The molecule has 6 heteroatoms. The van der Waals surface area contributed by atoms with Gasteiger partial charge in [-0.05, 0) is 49.6 Å². The number of hydrogen-bond donors (Lipinski definition) is 2. The average Bonchev–Trinajstić information content (AvgIpc) is 2.66. The molecule has 1 aromatic heterocycles. The van der Waals surface area contributed by atoms with E-state index in [0.29, 0.717) is 6.42 Å². The number of carboxylic acid groups (broad SMARTS) is 1. The highest BCUT2D eigenvalue weighted by Crippen LogP contribution is 2.17. The van der Waals surface area contributed by atoms with Crippen molar-refractivity contribution in [3.05, 3.63) is 22.4 Å². The molecule has 1 heterocycles. The minimum absolute atomic E-state index is 0.333. The molecule has 1 aromatic rings. The first-order valence-electron chi connectivity index (χ1n) is 5.93. The monoisotopic (exact) mass is 285 g/mol. The van der Waals surface area contributed by atoms with Crippen molar-refractivity contribution in [3.8, 4) is 0 Å². The predicted molar refractivity (Wildman–Crippen MR) is 73.0 cm³/mol. The highest BCUT2D eigenvalue weighted by atomic mass is 32.1. The topological polar surface area (TPSA) is 89.6 Å². The van der Waals surface area contributed by atoms with E-state index in [4.69, 9.17) is 15.6 Å². The zero-order valence-electron chi connectivity index (χ0n) is 11.3. The molecule has 0 aliphatic heterocycles. The van der Waals surface area contributed by atoms with Crippen molar-refractivity contribution >= 4 is 23.3 Å². The molecule has 2 atom stereocenters. The molecule has 3 N–H and O–H groups in total. The van der Waals surface area contributed by atoms with Gasteiger partial charge in [-0.3, -0.25) is 9.59 Å². The molecule has 0 fully saturated rings. The second-order valence-corrected chi connectivity index (χ2v) is 6.13. The molecule has 0 aliphatic rings. The summed E-state index contributed by atoms with van der Waals surface area (Å²) in [5, 5.41) is 12.9. The van der Waals surface area contributed by atoms with E-state index in [1.807, 2.05) is 16.8 Å². The van der Waals surface area contributed by atoms with E-state index in [2.05, 4.69) is 0 Å². The van der Waals surface area contributed by atoms with Gasteiger partial charge in [0.1, 0.15) is 5.60 Å². The van der Waals surface area contributed by atoms with E-state index in [1.54, 1.807) is 20.8 Å². The Hall–Kier alpha value is -1.40. The van der Waals surface area contributed by atoms with Crippen molar-refractivity contribution in [2.24, 2.45) is 11.7 Å². The summed E-state index contributed by atoms with van der Waals surface area (Å²) in [5.74, 6) is -3.39. The SMILES string of the molecule is CC(C)(C)OC(=O)[C@@H](C(=O)O)[C@@H](N)Cc1ccsc1. The Morgan fingerprint density at radius 2 is 2.11 bits per heavy atom. The predicted octanol–water partition coefficient (Wildman–Crippen LogP) is 1.66. The van der Waals surface area contributed by atoms with Crippen molar-refractivity contribution in [1.29, 1.82) is 0 Å². The first-order chi connectivity index (χ1) is 8.70. The van der Waals surface area contributed by atoms with E-state index >= 15 is 0 Å². The lowest BCUT2D eigenvalue weighted by atomic mass is 9.95. The molecule has 0 saturated heterocycles. The van der Waals surface area contributed by atoms with Gasteiger partial charge in [0.2, 0.25) is 0 Å². The standard InChI is InChI=1S/C13H19NO4S/c1-13(2,3)18-12(17)10(11(15)16)9(14)6-8-4-5-19-7-8/h4-5,7,9-10H,6,14H2,1-3H3,(H,15,16)/t9-,10+/m0/s1. The fraction of sp³-hybridized carbons (Fsp3) is 0.538. The Kier molecular flexibility index (Phi) is 5.08. The van der Waals surface area contributed by atoms with Gasteiger partial charge in [0.05, 0.1) is 0 Å². The summed E-state index contributed by atoms with van der Waals surface area (Å²) in [4.78, 5) is 23.1. The first kappa shape index (κ1) is 15.7. The zero-order chi connectivity index (χ0) is 14.6. The molecule has 5 nitrogen and oxygen atoms in total. The van der Waals surface area contributed by atoms with E-state index in [1.165, 1.54) is 11.3 Å². The molecular formula is C13H19NO4S. The molecule has 106 valence electrons. The van der Waals surface area contributed by atoms with Crippen LogP contribution in [0.2, 0.25) is 0 Å². The third-order valence-corrected chi connectivity index (χ3v) is 3.14. The first-order valence-corrected chi connectivity index (χ1v) is 6.87. The van der Waals surface area contributed by atoms with Crippen LogP contribution in [0.1, 0.15) is 26.3 Å². The fourth-order valence-corrected chi connectivity index (χ4v) is 2.30. The summed E-state index contributed by atoms with van der Waals surface area (Å²) in [5.41, 5.74) is 6.05. The van der Waals surface area contributed by atoms with E-state index in [-0.39, 0.29) is 0 Å². The van der Waals surface area contributed by atoms with E-state index in [0.717, 1.165) is 5.56 Å². The van der Waals surface area contributed by atoms with Crippen LogP contribution in [-0.4, -0.2) is 28.7 Å². The second kappa shape index (κ2) is 6.16. The maximum Gasteiger partial charge on any atom is 0.322 e. The molecule has 0 aromatic carbocycles. The van der Waals surface area contributed by atoms with Crippen LogP contribution >= 0.6 is 11.3 Å². The van der Waals surface area contributed by atoms with Crippen LogP contribution in [0.5, 0.6) is 0 Å². The van der Waals surface area contributed by atoms with Gasteiger partial charge >= 0.3 is 11.9 Å². The van der Waals surface area contributed by atoms with Crippen LogP contribution in [0.4, 0.5) is 0 Å². The molecule has 0 saturated carbocycles. The minimum atomic E-state index is -1.35. The lowest BCUT2D eigenvalue weighted by Gasteiger charge is -2.24. The van der Waals surface area contributed by atoms with Gasteiger partial charge in [-0.15, -0.1) is 0 Å². The van der Waals surface area contributed by atoms with Crippen molar-refractivity contribution in [3.63, 3.8) is 0 Å². The minimum Gasteiger partial charge on any atom is -0.481 e. The molecule has 19 heavy (non-hydrogen) atoms. The highest BCUT2D eigenvalue weighted by Gasteiger charge is 2.36. The summed E-state index contributed by atoms with van der Waals surface area (Å²) >= 11 is 1.50. The maximum atomic E-state index is 11.9. The summed E-state index contributed by atoms with van der Waals surface area (Å²) in [6.07, 6.45) is 0.333. The number of ether oxygens (including phenoxy) is 1. The number of aliphatic carboxylic acids is 1. The summed E-state index contributed by atoms with van der Waals surface area (Å²) < 4.78 is 5.10. The van der Waals surface area contributed by atoms with Gasteiger partial charge in [-0.25, -0.2) is 0 Å². The van der Waals surface area contributed by atoms with Crippen molar-refractivity contribution in [2.75, 3.05) is 0 Å². The Labute approximate surface area is 116 Å². The third-order valence-electron chi connectivity index (χ3n) is 2.41. The zero-order valence-corrected chi connectivity index (χ0v) is 12.1. The molecular weight excluding hydrogens is 266 g/mol. The van der Waals surface area contributed by atoms with Gasteiger partial charge in [0.25, 0.3) is 0 Å². The lowest BCUT2D eigenvalue weighted by Crippen LogP contribution is -2.45. The van der Waals surface area contributed by atoms with Crippen LogP contribution in [0, 0.1) is 5.92 Å². The van der Waals surface area contributed by atoms with Crippen LogP contribution in [-0.2, 0) is 20.7 Å². The Morgan fingerprint density at radius 1 is 1.47 bits per heavy atom. The molecule has 0 unspecified atom stereocenters. The van der Waals surface area contributed by atoms with Crippen LogP contribution in [0.15, 0.2) is 16.8 Å². The third kappa shape index (κ3) is 5.00. The normalized spacial score (nSPS) is 14.7. The molecule has 0 radical (unpaired) electrons. The number of esters is 1. The number of thiophene rings is 1. The van der Waals surface area contributed by atoms with Crippen LogP contribution < -0.4 is 5.73 Å². The molecule has 1 rings (SSSR count). The quantitative estimate of drug-likeness (QED) is 0.634. The highest BCUT2D eigenvalue weighted by molar-refractivity contribution is 7.07. The summed E-state index contributed by atoms with van der Waals surface area (Å²) in [7, 11) is 0. The Balaban J connectivity index is 2.76. The lowest BCUT2D eigenvalue weighted by molar-refractivity contribution is -0.167. The van der Waals surface area contributed by atoms with Crippen LogP contribution in [0.3, 0.4) is 0 Å². The van der Waals surface area contributed by atoms with Crippen LogP contribution in [0.25, 0.3) is 0 Å². The number of hydrogen-bond acceptors (Lipinski definition) is 5. The maximum absolute atomic E-state index is 11.9. The van der Waals surface area contributed by atoms with Crippen molar-refractivity contribution in [1.82, 2.24) is 0 Å². The number of rotatable bonds is 5. The van der Waals surface area contributed by atoms with Gasteiger partial charge in [-0.2, -0.15) is 11.3 Å². The second-order valence-electron chi connectivity index (χ2n) is 5.35. The Morgan fingerprint density at radius 3 is 2.53 bits per heavy atom. The molecule has 0 amide bonds. The van der Waals surface area contributed by atoms with Crippen molar-refractivity contribution in [2.45, 2.75) is 38.8 Å². The molecule has 0 aliphatic carbocycles. The summed E-state index contributed by atoms with van der Waals surface area (Å²) in [6, 6.07) is 1.06. The average molecular weight is 285 g/mol. The number of nitrogens with two attached hydrogens (primary N) is 1. The van der Waals surface area contributed by atoms with Gasteiger partial charge in [0.15, 0.2) is 5.92 Å². The van der Waals surface area contributed by atoms with E-state index in [9.17, 15) is 9.59 Å². The smallest absolute Gasteiger partial charge is 0.322 e. The van der Waals surface area contributed by atoms with Gasteiger partial charge < -0.3 is 15.6 Å². The van der Waals surface area contributed by atoms with E-state index < -0.39 is 29.5 Å². The van der Waals surface area contributed by atoms with Crippen molar-refractivity contribution < 1.29 is 19.4 Å². The summed E-state index contributed by atoms with van der Waals surface area (Å²) in [6.45, 7) is 5.07. The largest absolute Gasteiger partial charge is 0.481 e. The molecule has 0 bridgehead atoms. The fourth-order valence-electron chi connectivity index (χ4n) is 1.62. The Bertz CT molecular complexity index is 436. The number of carbonyl (C=O) groups is 2. The van der Waals surface area contributed by atoms with Gasteiger partial charge in [-0.1, -0.05) is 0 Å².